The predicted molar refractivity (Wildman–Crippen MR) is 72.4 cm³/mol. The second kappa shape index (κ2) is 4.61. The Labute approximate surface area is 114 Å². The van der Waals surface area contributed by atoms with Crippen molar-refractivity contribution in [2.24, 2.45) is 5.73 Å². The lowest BCUT2D eigenvalue weighted by Gasteiger charge is -2.15. The number of halogens is 2. The van der Waals surface area contributed by atoms with Crippen LogP contribution >= 0.6 is 22.9 Å². The Hall–Kier alpha value is -0.970. The average Bonchev–Trinajstić information content (AvgIpc) is 2.74. The first-order valence-corrected chi connectivity index (χ1v) is 7.05. The minimum absolute atomic E-state index is 0.0826. The Morgan fingerprint density at radius 1 is 1.44 bits per heavy atom. The van der Waals surface area contributed by atoms with E-state index >= 15 is 0 Å². The van der Waals surface area contributed by atoms with Crippen LogP contribution in [0.4, 0.5) is 4.39 Å². The van der Waals surface area contributed by atoms with Gasteiger partial charge in [-0.05, 0) is 37.5 Å². The first-order valence-electron chi connectivity index (χ1n) is 5.86. The number of nitrogens with two attached hydrogens (primary N) is 1. The number of benzene rings is 1. The van der Waals surface area contributed by atoms with Crippen LogP contribution in [0.5, 0.6) is 0 Å². The summed E-state index contributed by atoms with van der Waals surface area (Å²) in [6, 6.07) is 4.48. The quantitative estimate of drug-likeness (QED) is 0.860. The van der Waals surface area contributed by atoms with Crippen LogP contribution in [-0.4, -0.2) is 4.98 Å². The highest BCUT2D eigenvalue weighted by molar-refractivity contribution is 7.15. The van der Waals surface area contributed by atoms with Gasteiger partial charge in [0.2, 0.25) is 0 Å². The zero-order valence-electron chi connectivity index (χ0n) is 9.62. The molecular weight excluding hydrogens is 271 g/mol. The molecule has 18 heavy (non-hydrogen) atoms. The van der Waals surface area contributed by atoms with Crippen molar-refractivity contribution in [2.45, 2.75) is 25.3 Å². The number of thiazole rings is 1. The molecule has 1 atom stereocenters. The third kappa shape index (κ3) is 2.05. The summed E-state index contributed by atoms with van der Waals surface area (Å²) < 4.78 is 13.0. The second-order valence-electron chi connectivity index (χ2n) is 4.45. The molecule has 0 fully saturated rings. The van der Waals surface area contributed by atoms with Crippen molar-refractivity contribution >= 4 is 22.9 Å². The van der Waals surface area contributed by atoms with E-state index in [1.807, 2.05) is 0 Å². The van der Waals surface area contributed by atoms with Crippen molar-refractivity contribution in [1.29, 1.82) is 0 Å². The minimum Gasteiger partial charge on any atom is -0.323 e. The van der Waals surface area contributed by atoms with Gasteiger partial charge in [0.25, 0.3) is 0 Å². The Morgan fingerprint density at radius 2 is 2.28 bits per heavy atom. The molecule has 3 rings (SSSR count). The van der Waals surface area contributed by atoms with Crippen LogP contribution in [0.15, 0.2) is 18.2 Å². The van der Waals surface area contributed by atoms with Crippen LogP contribution in [0.3, 0.4) is 0 Å². The largest absolute Gasteiger partial charge is 0.323 e. The molecule has 0 amide bonds. The van der Waals surface area contributed by atoms with Crippen LogP contribution in [0.1, 0.15) is 29.5 Å². The van der Waals surface area contributed by atoms with Gasteiger partial charge in [0.05, 0.1) is 10.7 Å². The van der Waals surface area contributed by atoms with E-state index in [0.29, 0.717) is 5.02 Å². The summed E-state index contributed by atoms with van der Waals surface area (Å²) in [5.41, 5.74) is 7.94. The summed E-state index contributed by atoms with van der Waals surface area (Å²) in [4.78, 5) is 5.74. The molecule has 1 aromatic heterocycles. The fourth-order valence-electron chi connectivity index (χ4n) is 2.23. The first kappa shape index (κ1) is 12.1. The van der Waals surface area contributed by atoms with Crippen LogP contribution < -0.4 is 5.73 Å². The number of aromatic nitrogens is 1. The standard InChI is InChI=1S/C13H12ClFN2S/c14-9-6-7(15)4-5-8(9)13-17-11-3-1-2-10(16)12(11)18-13/h4-6,10H,1-3,16H2. The Morgan fingerprint density at radius 3 is 3.00 bits per heavy atom. The van der Waals surface area contributed by atoms with E-state index in [0.717, 1.165) is 40.4 Å². The maximum atomic E-state index is 13.0. The molecule has 2 aromatic rings. The van der Waals surface area contributed by atoms with Crippen molar-refractivity contribution in [3.8, 4) is 10.6 Å². The third-order valence-corrected chi connectivity index (χ3v) is 4.73. The number of rotatable bonds is 1. The van der Waals surface area contributed by atoms with E-state index < -0.39 is 0 Å². The van der Waals surface area contributed by atoms with E-state index in [1.165, 1.54) is 12.1 Å². The highest BCUT2D eigenvalue weighted by atomic mass is 35.5. The fourth-order valence-corrected chi connectivity index (χ4v) is 3.73. The molecule has 5 heteroatoms. The smallest absolute Gasteiger partial charge is 0.125 e. The van der Waals surface area contributed by atoms with Gasteiger partial charge in [-0.1, -0.05) is 11.6 Å². The Kier molecular flexibility index (Phi) is 3.09. The van der Waals surface area contributed by atoms with Gasteiger partial charge in [-0.3, -0.25) is 0 Å². The first-order chi connectivity index (χ1) is 8.65. The van der Waals surface area contributed by atoms with Crippen LogP contribution in [0, 0.1) is 5.82 Å². The number of fused-ring (bicyclic) bond motifs is 1. The van der Waals surface area contributed by atoms with E-state index in [9.17, 15) is 4.39 Å². The Bertz CT molecular complexity index is 597. The summed E-state index contributed by atoms with van der Waals surface area (Å²) in [5.74, 6) is -0.332. The lowest BCUT2D eigenvalue weighted by atomic mass is 9.99. The lowest BCUT2D eigenvalue weighted by molar-refractivity contribution is 0.573. The summed E-state index contributed by atoms with van der Waals surface area (Å²) >= 11 is 7.63. The molecule has 0 spiro atoms. The van der Waals surface area contributed by atoms with Crippen LogP contribution in [0.2, 0.25) is 5.02 Å². The van der Waals surface area contributed by atoms with E-state index in [2.05, 4.69) is 4.98 Å². The van der Waals surface area contributed by atoms with Crippen molar-refractivity contribution < 1.29 is 4.39 Å². The molecule has 2 nitrogen and oxygen atoms in total. The molecular formula is C13H12ClFN2S. The van der Waals surface area contributed by atoms with Gasteiger partial charge in [0, 0.05) is 16.5 Å². The van der Waals surface area contributed by atoms with Gasteiger partial charge in [-0.2, -0.15) is 0 Å². The zero-order chi connectivity index (χ0) is 12.7. The molecule has 0 saturated carbocycles. The molecule has 1 aliphatic rings. The van der Waals surface area contributed by atoms with Crippen molar-refractivity contribution in [3.05, 3.63) is 39.6 Å². The molecule has 1 aromatic carbocycles. The topological polar surface area (TPSA) is 38.9 Å². The maximum Gasteiger partial charge on any atom is 0.125 e. The van der Waals surface area contributed by atoms with Gasteiger partial charge in [0.15, 0.2) is 0 Å². The van der Waals surface area contributed by atoms with Crippen molar-refractivity contribution in [2.75, 3.05) is 0 Å². The lowest BCUT2D eigenvalue weighted by Crippen LogP contribution is -2.15. The van der Waals surface area contributed by atoms with Crippen molar-refractivity contribution in [1.82, 2.24) is 4.98 Å². The van der Waals surface area contributed by atoms with Gasteiger partial charge in [-0.15, -0.1) is 11.3 Å². The second-order valence-corrected chi connectivity index (χ2v) is 5.89. The normalized spacial score (nSPS) is 18.7. The van der Waals surface area contributed by atoms with Crippen LogP contribution in [0.25, 0.3) is 10.6 Å². The molecule has 94 valence electrons. The van der Waals surface area contributed by atoms with E-state index in [-0.39, 0.29) is 11.9 Å². The summed E-state index contributed by atoms with van der Waals surface area (Å²) in [6.07, 6.45) is 3.05. The monoisotopic (exact) mass is 282 g/mol. The Balaban J connectivity index is 2.07. The van der Waals surface area contributed by atoms with E-state index in [1.54, 1.807) is 17.4 Å². The van der Waals surface area contributed by atoms with Crippen LogP contribution in [-0.2, 0) is 6.42 Å². The number of aryl methyl sites for hydroxylation is 1. The molecule has 1 heterocycles. The number of nitrogens with zero attached hydrogens (tertiary/aromatic N) is 1. The van der Waals surface area contributed by atoms with Gasteiger partial charge in [0.1, 0.15) is 10.8 Å². The SMILES string of the molecule is NC1CCCc2nc(-c3ccc(F)cc3Cl)sc21. The molecule has 0 aliphatic heterocycles. The number of hydrogen-bond acceptors (Lipinski definition) is 3. The molecule has 0 saturated heterocycles. The molecule has 1 unspecified atom stereocenters. The summed E-state index contributed by atoms with van der Waals surface area (Å²) in [5, 5.41) is 1.23. The molecule has 0 bridgehead atoms. The molecule has 0 radical (unpaired) electrons. The molecule has 2 N–H and O–H groups in total. The van der Waals surface area contributed by atoms with E-state index in [4.69, 9.17) is 17.3 Å². The zero-order valence-corrected chi connectivity index (χ0v) is 11.2. The number of hydrogen-bond donors (Lipinski definition) is 1. The third-order valence-electron chi connectivity index (χ3n) is 3.15. The van der Waals surface area contributed by atoms with Gasteiger partial charge in [-0.25, -0.2) is 9.37 Å². The average molecular weight is 283 g/mol. The van der Waals surface area contributed by atoms with Gasteiger partial charge >= 0.3 is 0 Å². The highest BCUT2D eigenvalue weighted by Crippen LogP contribution is 2.38. The summed E-state index contributed by atoms with van der Waals surface area (Å²) in [6.45, 7) is 0. The summed E-state index contributed by atoms with van der Waals surface area (Å²) in [7, 11) is 0. The minimum atomic E-state index is -0.332. The van der Waals surface area contributed by atoms with Crippen molar-refractivity contribution in [3.63, 3.8) is 0 Å². The maximum absolute atomic E-state index is 13.0. The highest BCUT2D eigenvalue weighted by Gasteiger charge is 2.22. The van der Waals surface area contributed by atoms with Gasteiger partial charge < -0.3 is 5.73 Å². The molecule has 1 aliphatic carbocycles. The predicted octanol–water partition coefficient (Wildman–Crippen LogP) is 3.94. The fraction of sp³-hybridized carbons (Fsp3) is 0.308.